The molecular weight excluding hydrogens is 350 g/mol. The third-order valence-electron chi connectivity index (χ3n) is 4.84. The van der Waals surface area contributed by atoms with Crippen molar-refractivity contribution < 1.29 is 9.53 Å². The van der Waals surface area contributed by atoms with Gasteiger partial charge in [-0.15, -0.1) is 5.10 Å². The number of hydrogen-bond acceptors (Lipinski definition) is 6. The van der Waals surface area contributed by atoms with Crippen LogP contribution < -0.4 is 10.1 Å². The van der Waals surface area contributed by atoms with Crippen LogP contribution >= 0.6 is 11.8 Å². The lowest BCUT2D eigenvalue weighted by Crippen LogP contribution is -2.44. The number of benzene rings is 1. The van der Waals surface area contributed by atoms with E-state index >= 15 is 0 Å². The molecule has 1 fully saturated rings. The number of rotatable bonds is 6. The summed E-state index contributed by atoms with van der Waals surface area (Å²) in [6.45, 7) is 4.10. The first-order chi connectivity index (χ1) is 12.6. The highest BCUT2D eigenvalue weighted by Gasteiger charge is 2.26. The molecule has 0 saturated heterocycles. The van der Waals surface area contributed by atoms with Crippen molar-refractivity contribution in [2.24, 2.45) is 5.92 Å². The summed E-state index contributed by atoms with van der Waals surface area (Å²) < 4.78 is 6.99. The molecule has 3 atom stereocenters. The van der Waals surface area contributed by atoms with Gasteiger partial charge in [0.2, 0.25) is 11.1 Å². The van der Waals surface area contributed by atoms with E-state index in [-0.39, 0.29) is 17.2 Å². The van der Waals surface area contributed by atoms with Gasteiger partial charge in [0.25, 0.3) is 0 Å². The Bertz CT molecular complexity index is 751. The number of methoxy groups -OCH3 is 1. The van der Waals surface area contributed by atoms with E-state index in [1.807, 2.05) is 31.2 Å². The average molecular weight is 375 g/mol. The van der Waals surface area contributed by atoms with E-state index in [4.69, 9.17) is 4.74 Å². The molecule has 0 aliphatic heterocycles. The van der Waals surface area contributed by atoms with E-state index in [9.17, 15) is 4.79 Å². The molecule has 1 saturated carbocycles. The van der Waals surface area contributed by atoms with Crippen LogP contribution in [0.4, 0.5) is 0 Å². The zero-order valence-corrected chi connectivity index (χ0v) is 16.2. The van der Waals surface area contributed by atoms with Gasteiger partial charge >= 0.3 is 0 Å². The van der Waals surface area contributed by atoms with E-state index in [1.165, 1.54) is 31.0 Å². The first kappa shape index (κ1) is 18.7. The van der Waals surface area contributed by atoms with Crippen molar-refractivity contribution in [3.63, 3.8) is 0 Å². The second kappa shape index (κ2) is 8.53. The van der Waals surface area contributed by atoms with Gasteiger partial charge < -0.3 is 10.1 Å². The molecular formula is C18H25N5O2S. The predicted octanol–water partition coefficient (Wildman–Crippen LogP) is 2.85. The van der Waals surface area contributed by atoms with Crippen LogP contribution in [0, 0.1) is 5.92 Å². The molecule has 0 radical (unpaired) electrons. The number of thioether (sulfide) groups is 1. The van der Waals surface area contributed by atoms with E-state index in [1.54, 1.807) is 11.8 Å². The normalized spacial score (nSPS) is 21.2. The number of carbonyl (C=O) groups excluding carboxylic acids is 1. The average Bonchev–Trinajstić information content (AvgIpc) is 3.11. The van der Waals surface area contributed by atoms with Gasteiger partial charge in [0, 0.05) is 6.04 Å². The number of nitrogens with one attached hydrogen (secondary N) is 1. The standard InChI is InChI=1S/C18H25N5O2S/c1-12-8-4-5-9-14(12)19-17(24)13(2)26-18-20-21-22-23(18)15-10-6-7-11-16(15)25-3/h6-7,10-14H,4-5,8-9H2,1-3H3,(H,19,24)/t12-,13+,14+/m0/s1. The topological polar surface area (TPSA) is 81.9 Å². The van der Waals surface area contributed by atoms with Crippen LogP contribution in [0.15, 0.2) is 29.4 Å². The van der Waals surface area contributed by atoms with E-state index < -0.39 is 0 Å². The number of amides is 1. The lowest BCUT2D eigenvalue weighted by molar-refractivity contribution is -0.121. The molecule has 140 valence electrons. The maximum absolute atomic E-state index is 12.6. The van der Waals surface area contributed by atoms with Crippen LogP contribution in [0.1, 0.15) is 39.5 Å². The van der Waals surface area contributed by atoms with Crippen LogP contribution in [-0.4, -0.2) is 44.5 Å². The highest BCUT2D eigenvalue weighted by atomic mass is 32.2. The Morgan fingerprint density at radius 2 is 2.12 bits per heavy atom. The number of carbonyl (C=O) groups is 1. The smallest absolute Gasteiger partial charge is 0.233 e. The summed E-state index contributed by atoms with van der Waals surface area (Å²) in [4.78, 5) is 12.6. The highest BCUT2D eigenvalue weighted by Crippen LogP contribution is 2.28. The molecule has 0 bridgehead atoms. The lowest BCUT2D eigenvalue weighted by Gasteiger charge is -2.30. The monoisotopic (exact) mass is 375 g/mol. The van der Waals surface area contributed by atoms with Crippen LogP contribution in [0.2, 0.25) is 0 Å². The van der Waals surface area contributed by atoms with Crippen molar-refractivity contribution in [3.8, 4) is 11.4 Å². The summed E-state index contributed by atoms with van der Waals surface area (Å²) in [6.07, 6.45) is 4.68. The van der Waals surface area contributed by atoms with Gasteiger partial charge in [-0.1, -0.05) is 43.7 Å². The lowest BCUT2D eigenvalue weighted by atomic mass is 9.86. The van der Waals surface area contributed by atoms with Crippen molar-refractivity contribution in [2.75, 3.05) is 7.11 Å². The fraction of sp³-hybridized carbons (Fsp3) is 0.556. The van der Waals surface area contributed by atoms with Crippen LogP contribution in [0.5, 0.6) is 5.75 Å². The molecule has 26 heavy (non-hydrogen) atoms. The second-order valence-electron chi connectivity index (χ2n) is 6.68. The maximum atomic E-state index is 12.6. The number of para-hydroxylation sites is 2. The largest absolute Gasteiger partial charge is 0.494 e. The molecule has 8 heteroatoms. The summed E-state index contributed by atoms with van der Waals surface area (Å²) in [7, 11) is 1.61. The van der Waals surface area contributed by atoms with Gasteiger partial charge in [0.05, 0.1) is 12.4 Å². The van der Waals surface area contributed by atoms with Crippen LogP contribution in [0.3, 0.4) is 0 Å². The van der Waals surface area contributed by atoms with Crippen molar-refractivity contribution >= 4 is 17.7 Å². The van der Waals surface area contributed by atoms with Crippen molar-refractivity contribution in [3.05, 3.63) is 24.3 Å². The molecule has 1 aromatic heterocycles. The summed E-state index contributed by atoms with van der Waals surface area (Å²) in [6, 6.07) is 7.79. The summed E-state index contributed by atoms with van der Waals surface area (Å²) in [5, 5.41) is 15.4. The highest BCUT2D eigenvalue weighted by molar-refractivity contribution is 8.00. The first-order valence-electron chi connectivity index (χ1n) is 8.99. The minimum Gasteiger partial charge on any atom is -0.494 e. The Hall–Kier alpha value is -2.09. The summed E-state index contributed by atoms with van der Waals surface area (Å²) in [5.74, 6) is 1.24. The number of aromatic nitrogens is 4. The number of tetrazole rings is 1. The molecule has 3 rings (SSSR count). The Labute approximate surface area is 157 Å². The Balaban J connectivity index is 1.69. The van der Waals surface area contributed by atoms with Gasteiger partial charge in [-0.25, -0.2) is 0 Å². The van der Waals surface area contributed by atoms with Gasteiger partial charge in [-0.3, -0.25) is 4.79 Å². The quantitative estimate of drug-likeness (QED) is 0.782. The number of ether oxygens (including phenoxy) is 1. The number of nitrogens with zero attached hydrogens (tertiary/aromatic N) is 4. The third kappa shape index (κ3) is 4.17. The Kier molecular flexibility index (Phi) is 6.13. The van der Waals surface area contributed by atoms with E-state index in [0.29, 0.717) is 16.8 Å². The summed E-state index contributed by atoms with van der Waals surface area (Å²) >= 11 is 1.35. The van der Waals surface area contributed by atoms with Gasteiger partial charge in [-0.05, 0) is 48.2 Å². The number of hydrogen-bond donors (Lipinski definition) is 1. The second-order valence-corrected chi connectivity index (χ2v) is 7.99. The Morgan fingerprint density at radius 1 is 1.35 bits per heavy atom. The SMILES string of the molecule is COc1ccccc1-n1nnnc1S[C@H](C)C(=O)N[C@@H]1CCCC[C@@H]1C. The van der Waals surface area contributed by atoms with Gasteiger partial charge in [0.1, 0.15) is 11.4 Å². The third-order valence-corrected chi connectivity index (χ3v) is 5.88. The molecule has 1 N–H and O–H groups in total. The van der Waals surface area contributed by atoms with E-state index in [0.717, 1.165) is 12.1 Å². The maximum Gasteiger partial charge on any atom is 0.233 e. The zero-order valence-electron chi connectivity index (χ0n) is 15.4. The van der Waals surface area contributed by atoms with Crippen molar-refractivity contribution in [2.45, 2.75) is 56.0 Å². The minimum atomic E-state index is -0.288. The predicted molar refractivity (Wildman–Crippen MR) is 101 cm³/mol. The molecule has 2 aromatic rings. The van der Waals surface area contributed by atoms with Crippen LogP contribution in [-0.2, 0) is 4.79 Å². The summed E-state index contributed by atoms with van der Waals surface area (Å²) in [5.41, 5.74) is 0.746. The van der Waals surface area contributed by atoms with Gasteiger partial charge in [0.15, 0.2) is 0 Å². The molecule has 1 aliphatic rings. The fourth-order valence-electron chi connectivity index (χ4n) is 3.25. The molecule has 1 amide bonds. The molecule has 1 aromatic carbocycles. The van der Waals surface area contributed by atoms with E-state index in [2.05, 4.69) is 27.8 Å². The first-order valence-corrected chi connectivity index (χ1v) is 9.87. The zero-order chi connectivity index (χ0) is 18.5. The van der Waals surface area contributed by atoms with Crippen LogP contribution in [0.25, 0.3) is 5.69 Å². The van der Waals surface area contributed by atoms with Gasteiger partial charge in [-0.2, -0.15) is 4.68 Å². The molecule has 1 heterocycles. The molecule has 0 unspecified atom stereocenters. The van der Waals surface area contributed by atoms with Crippen molar-refractivity contribution in [1.29, 1.82) is 0 Å². The van der Waals surface area contributed by atoms with Crippen molar-refractivity contribution in [1.82, 2.24) is 25.5 Å². The fourth-order valence-corrected chi connectivity index (χ4v) is 4.06. The molecule has 7 nitrogen and oxygen atoms in total. The molecule has 1 aliphatic carbocycles. The Morgan fingerprint density at radius 3 is 2.88 bits per heavy atom. The minimum absolute atomic E-state index is 0.0309. The molecule has 0 spiro atoms.